The molecule has 0 radical (unpaired) electrons. The third-order valence-electron chi connectivity index (χ3n) is 4.03. The summed E-state index contributed by atoms with van der Waals surface area (Å²) in [5.41, 5.74) is 3.04. The molecule has 4 rings (SSSR count). The molecule has 0 atom stereocenters. The minimum absolute atomic E-state index is 0.164. The SMILES string of the molecule is Cc1ccc2nc(Sc3ccc(/C=C4\SC(=O)N(C(C)C)C4=O)o3)[nH]c2c1. The van der Waals surface area contributed by atoms with Crippen molar-refractivity contribution in [3.63, 3.8) is 0 Å². The van der Waals surface area contributed by atoms with Crippen LogP contribution in [0.4, 0.5) is 4.79 Å². The van der Waals surface area contributed by atoms with Crippen LogP contribution in [-0.4, -0.2) is 32.1 Å². The maximum atomic E-state index is 12.3. The number of hydrogen-bond acceptors (Lipinski definition) is 6. The van der Waals surface area contributed by atoms with Crippen molar-refractivity contribution in [2.45, 2.75) is 37.1 Å². The number of benzene rings is 1. The lowest BCUT2D eigenvalue weighted by atomic mass is 10.2. The van der Waals surface area contributed by atoms with Gasteiger partial charge >= 0.3 is 0 Å². The molecule has 3 heterocycles. The number of nitrogens with zero attached hydrogens (tertiary/aromatic N) is 2. The van der Waals surface area contributed by atoms with Crippen molar-refractivity contribution in [2.24, 2.45) is 0 Å². The lowest BCUT2D eigenvalue weighted by Gasteiger charge is -2.16. The zero-order valence-electron chi connectivity index (χ0n) is 15.0. The van der Waals surface area contributed by atoms with Crippen molar-refractivity contribution in [1.82, 2.24) is 14.9 Å². The first-order valence-corrected chi connectivity index (χ1v) is 10.0. The number of aromatic nitrogens is 2. The summed E-state index contributed by atoms with van der Waals surface area (Å²) in [4.78, 5) is 33.7. The average Bonchev–Trinajstić information content (AvgIpc) is 3.26. The highest BCUT2D eigenvalue weighted by atomic mass is 32.2. The molecular formula is C19H17N3O3S2. The summed E-state index contributed by atoms with van der Waals surface area (Å²) in [6.45, 7) is 5.67. The Bertz CT molecular complexity index is 1080. The Balaban J connectivity index is 1.53. The second-order valence-electron chi connectivity index (χ2n) is 6.47. The smallest absolute Gasteiger partial charge is 0.293 e. The quantitative estimate of drug-likeness (QED) is 0.618. The highest BCUT2D eigenvalue weighted by molar-refractivity contribution is 8.18. The second kappa shape index (κ2) is 6.94. The van der Waals surface area contributed by atoms with E-state index in [1.165, 1.54) is 22.2 Å². The first-order chi connectivity index (χ1) is 12.9. The van der Waals surface area contributed by atoms with Crippen LogP contribution in [0, 0.1) is 6.92 Å². The summed E-state index contributed by atoms with van der Waals surface area (Å²) in [6, 6.07) is 9.48. The summed E-state index contributed by atoms with van der Waals surface area (Å²) < 4.78 is 5.78. The molecule has 1 saturated heterocycles. The number of aryl methyl sites for hydroxylation is 1. The van der Waals surface area contributed by atoms with Gasteiger partial charge in [0.15, 0.2) is 10.2 Å². The molecule has 2 aromatic heterocycles. The molecule has 6 nitrogen and oxygen atoms in total. The summed E-state index contributed by atoms with van der Waals surface area (Å²) in [6.07, 6.45) is 1.61. The molecule has 3 aromatic rings. The summed E-state index contributed by atoms with van der Waals surface area (Å²) in [5.74, 6) is 0.247. The molecule has 1 fully saturated rings. The number of H-pyrrole nitrogens is 1. The predicted molar refractivity (Wildman–Crippen MR) is 107 cm³/mol. The molecule has 1 N–H and O–H groups in total. The van der Waals surface area contributed by atoms with Crippen molar-refractivity contribution in [2.75, 3.05) is 0 Å². The van der Waals surface area contributed by atoms with E-state index in [-0.39, 0.29) is 17.2 Å². The van der Waals surface area contributed by atoms with Crippen LogP contribution in [0.5, 0.6) is 0 Å². The Morgan fingerprint density at radius 3 is 2.81 bits per heavy atom. The largest absolute Gasteiger partial charge is 0.450 e. The van der Waals surface area contributed by atoms with E-state index in [0.717, 1.165) is 28.0 Å². The number of amides is 2. The summed E-state index contributed by atoms with van der Waals surface area (Å²) in [5, 5.41) is 1.14. The van der Waals surface area contributed by atoms with Gasteiger partial charge in [0.05, 0.1) is 15.9 Å². The lowest BCUT2D eigenvalue weighted by Crippen LogP contribution is -2.34. The number of imide groups is 1. The Hall–Kier alpha value is -2.45. The maximum Gasteiger partial charge on any atom is 0.293 e. The van der Waals surface area contributed by atoms with Gasteiger partial charge in [0.2, 0.25) is 0 Å². The number of thioether (sulfide) groups is 1. The van der Waals surface area contributed by atoms with Crippen molar-refractivity contribution in [3.8, 4) is 0 Å². The fraction of sp³-hybridized carbons (Fsp3) is 0.211. The van der Waals surface area contributed by atoms with Crippen molar-refractivity contribution >= 4 is 51.8 Å². The minimum atomic E-state index is -0.279. The Kier molecular flexibility index (Phi) is 4.61. The standard InChI is InChI=1S/C19H17N3O3S2/c1-10(2)22-17(23)15(26-19(22)24)9-12-5-7-16(25-12)27-18-20-13-6-4-11(3)8-14(13)21-18/h4-10H,1-3H3,(H,20,21)/b15-9-. The lowest BCUT2D eigenvalue weighted by molar-refractivity contribution is -0.123. The van der Waals surface area contributed by atoms with E-state index in [1.54, 1.807) is 12.1 Å². The van der Waals surface area contributed by atoms with E-state index in [9.17, 15) is 9.59 Å². The van der Waals surface area contributed by atoms with Gasteiger partial charge in [-0.1, -0.05) is 6.07 Å². The van der Waals surface area contributed by atoms with E-state index in [4.69, 9.17) is 4.42 Å². The van der Waals surface area contributed by atoms with Crippen LogP contribution in [0.25, 0.3) is 17.1 Å². The van der Waals surface area contributed by atoms with Crippen molar-refractivity contribution in [3.05, 3.63) is 46.6 Å². The molecule has 1 aliphatic rings. The molecule has 138 valence electrons. The van der Waals surface area contributed by atoms with E-state index >= 15 is 0 Å². The molecule has 2 amide bonds. The van der Waals surface area contributed by atoms with Gasteiger partial charge in [-0.2, -0.15) is 0 Å². The van der Waals surface area contributed by atoms with Crippen LogP contribution >= 0.6 is 23.5 Å². The number of carbonyl (C=O) groups is 2. The number of rotatable bonds is 4. The normalized spacial score (nSPS) is 16.4. The number of fused-ring (bicyclic) bond motifs is 1. The first-order valence-electron chi connectivity index (χ1n) is 8.42. The van der Waals surface area contributed by atoms with Crippen LogP contribution in [0.15, 0.2) is 49.9 Å². The number of nitrogens with one attached hydrogen (secondary N) is 1. The Labute approximate surface area is 164 Å². The van der Waals surface area contributed by atoms with E-state index in [0.29, 0.717) is 15.8 Å². The highest BCUT2D eigenvalue weighted by Crippen LogP contribution is 2.35. The van der Waals surface area contributed by atoms with Gasteiger partial charge in [-0.05, 0) is 74.1 Å². The minimum Gasteiger partial charge on any atom is -0.450 e. The first kappa shape index (κ1) is 17.9. The van der Waals surface area contributed by atoms with Crippen LogP contribution in [0.3, 0.4) is 0 Å². The van der Waals surface area contributed by atoms with Crippen molar-refractivity contribution < 1.29 is 14.0 Å². The van der Waals surface area contributed by atoms with E-state index in [1.807, 2.05) is 45.0 Å². The fourth-order valence-corrected chi connectivity index (χ4v) is 4.48. The second-order valence-corrected chi connectivity index (χ2v) is 8.45. The maximum absolute atomic E-state index is 12.3. The van der Waals surface area contributed by atoms with E-state index < -0.39 is 0 Å². The summed E-state index contributed by atoms with van der Waals surface area (Å²) >= 11 is 2.31. The van der Waals surface area contributed by atoms with Crippen molar-refractivity contribution in [1.29, 1.82) is 0 Å². The third-order valence-corrected chi connectivity index (χ3v) is 5.72. The number of aromatic amines is 1. The highest BCUT2D eigenvalue weighted by Gasteiger charge is 2.36. The van der Waals surface area contributed by atoms with Crippen LogP contribution in [0.2, 0.25) is 0 Å². The third kappa shape index (κ3) is 3.54. The molecular weight excluding hydrogens is 382 g/mol. The van der Waals surface area contributed by atoms with Gasteiger partial charge in [0, 0.05) is 12.1 Å². The van der Waals surface area contributed by atoms with E-state index in [2.05, 4.69) is 9.97 Å². The number of furan rings is 1. The van der Waals surface area contributed by atoms with Gasteiger partial charge in [0.25, 0.3) is 11.1 Å². The zero-order chi connectivity index (χ0) is 19.1. The predicted octanol–water partition coefficient (Wildman–Crippen LogP) is 5.06. The number of imidazole rings is 1. The Morgan fingerprint density at radius 2 is 2.07 bits per heavy atom. The fourth-order valence-electron chi connectivity index (χ4n) is 2.76. The molecule has 0 spiro atoms. The molecule has 1 aromatic carbocycles. The van der Waals surface area contributed by atoms with Gasteiger partial charge in [-0.15, -0.1) is 0 Å². The molecule has 27 heavy (non-hydrogen) atoms. The molecule has 0 saturated carbocycles. The molecule has 1 aliphatic heterocycles. The topological polar surface area (TPSA) is 79.2 Å². The van der Waals surface area contributed by atoms with Gasteiger partial charge in [0.1, 0.15) is 5.76 Å². The van der Waals surface area contributed by atoms with Gasteiger partial charge in [-0.25, -0.2) is 4.98 Å². The molecule has 0 bridgehead atoms. The van der Waals surface area contributed by atoms with Crippen LogP contribution in [-0.2, 0) is 4.79 Å². The van der Waals surface area contributed by atoms with Crippen LogP contribution in [0.1, 0.15) is 25.2 Å². The number of carbonyl (C=O) groups excluding carboxylic acids is 2. The average molecular weight is 399 g/mol. The zero-order valence-corrected chi connectivity index (χ0v) is 16.6. The monoisotopic (exact) mass is 399 g/mol. The van der Waals surface area contributed by atoms with Crippen LogP contribution < -0.4 is 0 Å². The van der Waals surface area contributed by atoms with Gasteiger partial charge in [-0.3, -0.25) is 14.5 Å². The van der Waals surface area contributed by atoms with Gasteiger partial charge < -0.3 is 9.40 Å². The molecule has 0 aliphatic carbocycles. The summed E-state index contributed by atoms with van der Waals surface area (Å²) in [7, 11) is 0. The Morgan fingerprint density at radius 1 is 1.26 bits per heavy atom. The number of hydrogen-bond donors (Lipinski definition) is 1. The molecule has 0 unspecified atom stereocenters. The molecule has 8 heteroatoms.